The van der Waals surface area contributed by atoms with Gasteiger partial charge in [0.05, 0.1) is 0 Å². The number of benzene rings is 2. The standard InChI is InChI=1S/C15H9Cl2FN2/c1-8-5-9(7-10(16)6-8)15-19-13-11(14(17)20-15)3-2-4-12(13)18/h2-7H,1H3. The molecule has 0 fully saturated rings. The number of hydrogen-bond acceptors (Lipinski definition) is 2. The van der Waals surface area contributed by atoms with Crippen LogP contribution >= 0.6 is 23.2 Å². The van der Waals surface area contributed by atoms with Crippen molar-refractivity contribution in [1.29, 1.82) is 0 Å². The van der Waals surface area contributed by atoms with Crippen LogP contribution < -0.4 is 0 Å². The molecule has 0 N–H and O–H groups in total. The highest BCUT2D eigenvalue weighted by Gasteiger charge is 2.11. The molecule has 0 atom stereocenters. The monoisotopic (exact) mass is 306 g/mol. The minimum absolute atomic E-state index is 0.208. The molecule has 1 heterocycles. The molecule has 0 bridgehead atoms. The van der Waals surface area contributed by atoms with Crippen molar-refractivity contribution in [1.82, 2.24) is 9.97 Å². The molecule has 0 saturated heterocycles. The maximum Gasteiger partial charge on any atom is 0.161 e. The molecule has 2 aromatic carbocycles. The zero-order chi connectivity index (χ0) is 14.3. The summed E-state index contributed by atoms with van der Waals surface area (Å²) in [6.07, 6.45) is 0. The lowest BCUT2D eigenvalue weighted by atomic mass is 10.1. The molecule has 0 radical (unpaired) electrons. The number of aromatic nitrogens is 2. The summed E-state index contributed by atoms with van der Waals surface area (Å²) in [4.78, 5) is 8.48. The quantitative estimate of drug-likeness (QED) is 0.588. The topological polar surface area (TPSA) is 25.8 Å². The second-order valence-electron chi connectivity index (χ2n) is 4.49. The van der Waals surface area contributed by atoms with E-state index in [1.807, 2.05) is 19.1 Å². The van der Waals surface area contributed by atoms with Crippen LogP contribution in [0.25, 0.3) is 22.3 Å². The van der Waals surface area contributed by atoms with E-state index in [9.17, 15) is 4.39 Å². The summed E-state index contributed by atoms with van der Waals surface area (Å²) in [5.74, 6) is -0.0648. The summed E-state index contributed by atoms with van der Waals surface area (Å²) >= 11 is 12.1. The molecule has 2 nitrogen and oxygen atoms in total. The van der Waals surface area contributed by atoms with Crippen LogP contribution in [0.5, 0.6) is 0 Å². The molecule has 0 aliphatic heterocycles. The van der Waals surface area contributed by atoms with Gasteiger partial charge in [0.15, 0.2) is 5.82 Å². The van der Waals surface area contributed by atoms with Crippen molar-refractivity contribution in [2.75, 3.05) is 0 Å². The second-order valence-corrected chi connectivity index (χ2v) is 5.29. The Hall–Kier alpha value is -1.71. The maximum absolute atomic E-state index is 13.8. The minimum Gasteiger partial charge on any atom is -0.225 e. The van der Waals surface area contributed by atoms with Gasteiger partial charge in [0.25, 0.3) is 0 Å². The Morgan fingerprint density at radius 1 is 1.05 bits per heavy atom. The normalized spacial score (nSPS) is 11.0. The van der Waals surface area contributed by atoms with Crippen LogP contribution in [0.1, 0.15) is 5.56 Å². The van der Waals surface area contributed by atoms with Crippen molar-refractivity contribution in [3.8, 4) is 11.4 Å². The number of rotatable bonds is 1. The average Bonchev–Trinajstić information content (AvgIpc) is 2.38. The molecule has 0 aliphatic rings. The lowest BCUT2D eigenvalue weighted by molar-refractivity contribution is 0.636. The Bertz CT molecular complexity index is 798. The predicted octanol–water partition coefficient (Wildman–Crippen LogP) is 5.05. The van der Waals surface area contributed by atoms with Gasteiger partial charge < -0.3 is 0 Å². The van der Waals surface area contributed by atoms with Crippen molar-refractivity contribution in [3.63, 3.8) is 0 Å². The van der Waals surface area contributed by atoms with E-state index < -0.39 is 5.82 Å². The van der Waals surface area contributed by atoms with E-state index in [2.05, 4.69) is 9.97 Å². The van der Waals surface area contributed by atoms with Crippen molar-refractivity contribution < 1.29 is 4.39 Å². The zero-order valence-electron chi connectivity index (χ0n) is 10.5. The largest absolute Gasteiger partial charge is 0.225 e. The first-order valence-corrected chi connectivity index (χ1v) is 6.69. The van der Waals surface area contributed by atoms with E-state index in [0.717, 1.165) is 5.56 Å². The second kappa shape index (κ2) is 5.00. The average molecular weight is 307 g/mol. The Labute approximate surface area is 125 Å². The van der Waals surface area contributed by atoms with Gasteiger partial charge >= 0.3 is 0 Å². The fourth-order valence-corrected chi connectivity index (χ4v) is 2.60. The molecule has 3 rings (SSSR count). The van der Waals surface area contributed by atoms with Gasteiger partial charge in [0.2, 0.25) is 0 Å². The molecule has 0 aliphatic carbocycles. The molecule has 0 spiro atoms. The fraction of sp³-hybridized carbons (Fsp3) is 0.0667. The smallest absolute Gasteiger partial charge is 0.161 e. The third kappa shape index (κ3) is 2.35. The van der Waals surface area contributed by atoms with E-state index >= 15 is 0 Å². The molecule has 3 aromatic rings. The van der Waals surface area contributed by atoms with Crippen LogP contribution in [0.3, 0.4) is 0 Å². The minimum atomic E-state index is -0.424. The van der Waals surface area contributed by atoms with E-state index in [0.29, 0.717) is 21.8 Å². The van der Waals surface area contributed by atoms with Crippen molar-refractivity contribution in [3.05, 3.63) is 58.0 Å². The lowest BCUT2D eigenvalue weighted by Gasteiger charge is -2.06. The molecule has 5 heteroatoms. The Morgan fingerprint density at radius 2 is 1.85 bits per heavy atom. The number of fused-ring (bicyclic) bond motifs is 1. The van der Waals surface area contributed by atoms with E-state index in [4.69, 9.17) is 23.2 Å². The van der Waals surface area contributed by atoms with E-state index in [1.165, 1.54) is 6.07 Å². The van der Waals surface area contributed by atoms with Crippen LogP contribution in [0.2, 0.25) is 10.2 Å². The highest BCUT2D eigenvalue weighted by molar-refractivity contribution is 6.34. The predicted molar refractivity (Wildman–Crippen MR) is 79.7 cm³/mol. The van der Waals surface area contributed by atoms with Crippen molar-refractivity contribution >= 4 is 34.1 Å². The SMILES string of the molecule is Cc1cc(Cl)cc(-c2nc(Cl)c3cccc(F)c3n2)c1. The number of hydrogen-bond donors (Lipinski definition) is 0. The lowest BCUT2D eigenvalue weighted by Crippen LogP contribution is -1.94. The highest BCUT2D eigenvalue weighted by Crippen LogP contribution is 2.28. The summed E-state index contributed by atoms with van der Waals surface area (Å²) in [7, 11) is 0. The molecule has 0 saturated carbocycles. The fourth-order valence-electron chi connectivity index (χ4n) is 2.07. The molecule has 0 amide bonds. The summed E-state index contributed by atoms with van der Waals surface area (Å²) in [5.41, 5.74) is 1.89. The van der Waals surface area contributed by atoms with Gasteiger partial charge in [-0.25, -0.2) is 14.4 Å². The molecular formula is C15H9Cl2FN2. The maximum atomic E-state index is 13.8. The van der Waals surface area contributed by atoms with Gasteiger partial charge in [0, 0.05) is 16.0 Å². The highest BCUT2D eigenvalue weighted by atomic mass is 35.5. The van der Waals surface area contributed by atoms with Crippen LogP contribution in [0.4, 0.5) is 4.39 Å². The van der Waals surface area contributed by atoms with E-state index in [1.54, 1.807) is 18.2 Å². The van der Waals surface area contributed by atoms with Crippen LogP contribution in [-0.2, 0) is 0 Å². The zero-order valence-corrected chi connectivity index (χ0v) is 12.0. The Kier molecular flexibility index (Phi) is 3.32. The van der Waals surface area contributed by atoms with Gasteiger partial charge in [-0.15, -0.1) is 0 Å². The first-order valence-electron chi connectivity index (χ1n) is 5.94. The molecular weight excluding hydrogens is 298 g/mol. The number of para-hydroxylation sites is 1. The third-order valence-corrected chi connectivity index (χ3v) is 3.44. The van der Waals surface area contributed by atoms with Gasteiger partial charge in [-0.3, -0.25) is 0 Å². The summed E-state index contributed by atoms with van der Waals surface area (Å²) in [6, 6.07) is 10.0. The van der Waals surface area contributed by atoms with Crippen LogP contribution in [0.15, 0.2) is 36.4 Å². The van der Waals surface area contributed by atoms with Gasteiger partial charge in [-0.1, -0.05) is 29.3 Å². The van der Waals surface area contributed by atoms with Crippen molar-refractivity contribution in [2.45, 2.75) is 6.92 Å². The van der Waals surface area contributed by atoms with Crippen molar-refractivity contribution in [2.24, 2.45) is 0 Å². The molecule has 1 aromatic heterocycles. The first kappa shape index (κ1) is 13.3. The first-order chi connectivity index (χ1) is 9.54. The third-order valence-electron chi connectivity index (χ3n) is 2.93. The number of aryl methyl sites for hydroxylation is 1. The van der Waals surface area contributed by atoms with Gasteiger partial charge in [-0.05, 0) is 42.8 Å². The molecule has 20 heavy (non-hydrogen) atoms. The summed E-state index contributed by atoms with van der Waals surface area (Å²) in [5, 5.41) is 1.30. The van der Waals surface area contributed by atoms with Crippen LogP contribution in [0, 0.1) is 12.7 Å². The molecule has 100 valence electrons. The molecule has 0 unspecified atom stereocenters. The summed E-state index contributed by atoms with van der Waals surface area (Å²) < 4.78 is 13.8. The number of nitrogens with zero attached hydrogens (tertiary/aromatic N) is 2. The Balaban J connectivity index is 2.29. The Morgan fingerprint density at radius 3 is 2.60 bits per heavy atom. The number of halogens is 3. The van der Waals surface area contributed by atoms with E-state index in [-0.39, 0.29) is 10.7 Å². The van der Waals surface area contributed by atoms with Crippen LogP contribution in [-0.4, -0.2) is 9.97 Å². The van der Waals surface area contributed by atoms with Gasteiger partial charge in [0.1, 0.15) is 16.5 Å². The summed E-state index contributed by atoms with van der Waals surface area (Å²) in [6.45, 7) is 1.92. The van der Waals surface area contributed by atoms with Gasteiger partial charge in [-0.2, -0.15) is 0 Å².